The highest BCUT2D eigenvalue weighted by Crippen LogP contribution is 2.28. The molecule has 0 aromatic heterocycles. The van der Waals surface area contributed by atoms with Crippen molar-refractivity contribution >= 4 is 46.0 Å². The molecule has 6 heteroatoms. The second-order valence-electron chi connectivity index (χ2n) is 5.61. The van der Waals surface area contributed by atoms with Gasteiger partial charge >= 0.3 is 0 Å². The van der Waals surface area contributed by atoms with Crippen LogP contribution in [0, 0.1) is 5.92 Å². The van der Waals surface area contributed by atoms with Gasteiger partial charge in [-0.15, -0.1) is 0 Å². The summed E-state index contributed by atoms with van der Waals surface area (Å²) in [6.07, 6.45) is 4.96. The monoisotopic (exact) mass is 339 g/mol. The highest BCUT2D eigenvalue weighted by atomic mass is 32.1. The van der Waals surface area contributed by atoms with Crippen molar-refractivity contribution in [3.05, 3.63) is 54.1 Å². The Bertz CT molecular complexity index is 823. The Kier molecular flexibility index (Phi) is 4.86. The number of carbonyl (C=O) groups is 2. The van der Waals surface area contributed by atoms with Crippen LogP contribution < -0.4 is 16.2 Å². The molecule has 0 radical (unpaired) electrons. The Balaban J connectivity index is 1.56. The summed E-state index contributed by atoms with van der Waals surface area (Å²) in [5, 5.41) is 4.74. The molecular weight excluding hydrogens is 322 g/mol. The first-order valence-corrected chi connectivity index (χ1v) is 8.11. The van der Waals surface area contributed by atoms with Gasteiger partial charge in [-0.3, -0.25) is 25.8 Å². The molecule has 0 saturated heterocycles. The molecule has 2 aromatic rings. The van der Waals surface area contributed by atoms with E-state index in [9.17, 15) is 9.59 Å². The number of nitrogens with one attached hydrogen (secondary N) is 3. The molecular formula is C18H17N3O2S. The molecule has 2 aromatic carbocycles. The lowest BCUT2D eigenvalue weighted by atomic mass is 10.0. The lowest BCUT2D eigenvalue weighted by Crippen LogP contribution is -2.48. The van der Waals surface area contributed by atoms with Gasteiger partial charge in [0.1, 0.15) is 0 Å². The lowest BCUT2D eigenvalue weighted by molar-refractivity contribution is -0.123. The zero-order valence-electron chi connectivity index (χ0n) is 12.9. The average Bonchev–Trinajstić information content (AvgIpc) is 3.43. The van der Waals surface area contributed by atoms with Crippen LogP contribution in [0.2, 0.25) is 0 Å². The van der Waals surface area contributed by atoms with E-state index in [1.54, 1.807) is 6.08 Å². The van der Waals surface area contributed by atoms with Gasteiger partial charge in [-0.2, -0.15) is 0 Å². The van der Waals surface area contributed by atoms with Gasteiger partial charge in [-0.05, 0) is 47.5 Å². The van der Waals surface area contributed by atoms with Gasteiger partial charge in [-0.25, -0.2) is 0 Å². The number of rotatable bonds is 3. The van der Waals surface area contributed by atoms with Gasteiger partial charge < -0.3 is 0 Å². The SMILES string of the molecule is O=C(/C=C/c1cccc2ccccc12)NC(=S)NNC(=O)C1CC1. The van der Waals surface area contributed by atoms with E-state index in [0.717, 1.165) is 29.2 Å². The highest BCUT2D eigenvalue weighted by molar-refractivity contribution is 7.80. The molecule has 3 N–H and O–H groups in total. The van der Waals surface area contributed by atoms with E-state index in [1.165, 1.54) is 6.08 Å². The fourth-order valence-corrected chi connectivity index (χ4v) is 2.46. The molecule has 24 heavy (non-hydrogen) atoms. The maximum Gasteiger partial charge on any atom is 0.250 e. The summed E-state index contributed by atoms with van der Waals surface area (Å²) in [6, 6.07) is 13.9. The maximum atomic E-state index is 11.9. The Hall–Kier alpha value is -2.73. The van der Waals surface area contributed by atoms with Gasteiger partial charge in [0.05, 0.1) is 0 Å². The first-order chi connectivity index (χ1) is 11.6. The third-order valence-electron chi connectivity index (χ3n) is 3.72. The maximum absolute atomic E-state index is 11.9. The van der Waals surface area contributed by atoms with E-state index >= 15 is 0 Å². The van der Waals surface area contributed by atoms with Crippen LogP contribution in [0.5, 0.6) is 0 Å². The molecule has 1 fully saturated rings. The predicted octanol–water partition coefficient (Wildman–Crippen LogP) is 2.28. The van der Waals surface area contributed by atoms with Crippen LogP contribution in [0.3, 0.4) is 0 Å². The normalized spacial score (nSPS) is 13.7. The third kappa shape index (κ3) is 4.17. The second kappa shape index (κ2) is 7.23. The van der Waals surface area contributed by atoms with Crippen molar-refractivity contribution < 1.29 is 9.59 Å². The number of hydrogen-bond donors (Lipinski definition) is 3. The van der Waals surface area contributed by atoms with E-state index in [1.807, 2.05) is 42.5 Å². The average molecular weight is 339 g/mol. The molecule has 3 rings (SSSR count). The molecule has 1 aliphatic rings. The molecule has 0 bridgehead atoms. The number of fused-ring (bicyclic) bond motifs is 1. The summed E-state index contributed by atoms with van der Waals surface area (Å²) in [4.78, 5) is 23.4. The summed E-state index contributed by atoms with van der Waals surface area (Å²) < 4.78 is 0. The number of hydrazine groups is 1. The van der Waals surface area contributed by atoms with Gasteiger partial charge in [0.25, 0.3) is 0 Å². The van der Waals surface area contributed by atoms with Gasteiger partial charge in [0.15, 0.2) is 5.11 Å². The Morgan fingerprint density at radius 3 is 2.58 bits per heavy atom. The summed E-state index contributed by atoms with van der Waals surface area (Å²) in [5.41, 5.74) is 5.96. The van der Waals surface area contributed by atoms with E-state index in [4.69, 9.17) is 12.2 Å². The number of amides is 2. The van der Waals surface area contributed by atoms with Gasteiger partial charge in [0, 0.05) is 12.0 Å². The standard InChI is InChI=1S/C18H17N3O2S/c22-16(19-18(24)21-20-17(23)14-8-9-14)11-10-13-6-3-5-12-4-1-2-7-15(12)13/h1-7,10-11,14H,8-9H2,(H,20,23)(H2,19,21,22,24)/b11-10+. The molecule has 1 saturated carbocycles. The zero-order chi connectivity index (χ0) is 16.9. The quantitative estimate of drug-likeness (QED) is 0.456. The predicted molar refractivity (Wildman–Crippen MR) is 97.7 cm³/mol. The molecule has 0 unspecified atom stereocenters. The van der Waals surface area contributed by atoms with Crippen molar-refractivity contribution in [2.24, 2.45) is 5.92 Å². The smallest absolute Gasteiger partial charge is 0.250 e. The Morgan fingerprint density at radius 1 is 1.04 bits per heavy atom. The van der Waals surface area contributed by atoms with Gasteiger partial charge in [0.2, 0.25) is 11.8 Å². The van der Waals surface area contributed by atoms with Crippen LogP contribution in [0.1, 0.15) is 18.4 Å². The molecule has 122 valence electrons. The topological polar surface area (TPSA) is 70.2 Å². The second-order valence-corrected chi connectivity index (χ2v) is 6.02. The van der Waals surface area contributed by atoms with Crippen molar-refractivity contribution in [3.63, 3.8) is 0 Å². The fraction of sp³-hybridized carbons (Fsp3) is 0.167. The number of hydrogen-bond acceptors (Lipinski definition) is 3. The zero-order valence-corrected chi connectivity index (χ0v) is 13.7. The van der Waals surface area contributed by atoms with E-state index < -0.39 is 0 Å². The molecule has 5 nitrogen and oxygen atoms in total. The minimum absolute atomic E-state index is 0.0663. The number of carbonyl (C=O) groups excluding carboxylic acids is 2. The van der Waals surface area contributed by atoms with Gasteiger partial charge in [-0.1, -0.05) is 42.5 Å². The highest BCUT2D eigenvalue weighted by Gasteiger charge is 2.29. The molecule has 0 spiro atoms. The Morgan fingerprint density at radius 2 is 1.79 bits per heavy atom. The van der Waals surface area contributed by atoms with Crippen molar-refractivity contribution in [2.45, 2.75) is 12.8 Å². The summed E-state index contributed by atoms with van der Waals surface area (Å²) >= 11 is 4.97. The van der Waals surface area contributed by atoms with E-state index in [2.05, 4.69) is 16.2 Å². The van der Waals surface area contributed by atoms with Crippen molar-refractivity contribution in [3.8, 4) is 0 Å². The van der Waals surface area contributed by atoms with Crippen LogP contribution in [0.15, 0.2) is 48.5 Å². The van der Waals surface area contributed by atoms with Crippen LogP contribution in [-0.2, 0) is 9.59 Å². The van der Waals surface area contributed by atoms with Crippen molar-refractivity contribution in [1.29, 1.82) is 0 Å². The summed E-state index contributed by atoms with van der Waals surface area (Å²) in [6.45, 7) is 0. The molecule has 2 amide bonds. The Labute approximate surface area is 145 Å². The summed E-state index contributed by atoms with van der Waals surface area (Å²) in [7, 11) is 0. The number of thiocarbonyl (C=S) groups is 1. The lowest BCUT2D eigenvalue weighted by Gasteiger charge is -2.09. The first kappa shape index (κ1) is 16.1. The molecule has 0 heterocycles. The number of benzene rings is 2. The first-order valence-electron chi connectivity index (χ1n) is 7.70. The van der Waals surface area contributed by atoms with Crippen molar-refractivity contribution in [1.82, 2.24) is 16.2 Å². The molecule has 0 aliphatic heterocycles. The van der Waals surface area contributed by atoms with Crippen LogP contribution in [0.4, 0.5) is 0 Å². The fourth-order valence-electron chi connectivity index (χ4n) is 2.31. The largest absolute Gasteiger partial charge is 0.298 e. The summed E-state index contributed by atoms with van der Waals surface area (Å²) in [5.74, 6) is -0.388. The van der Waals surface area contributed by atoms with E-state index in [-0.39, 0.29) is 22.8 Å². The van der Waals surface area contributed by atoms with Crippen LogP contribution in [0.25, 0.3) is 16.8 Å². The van der Waals surface area contributed by atoms with Crippen molar-refractivity contribution in [2.75, 3.05) is 0 Å². The minimum atomic E-state index is -0.360. The van der Waals surface area contributed by atoms with Crippen LogP contribution in [-0.4, -0.2) is 16.9 Å². The third-order valence-corrected chi connectivity index (χ3v) is 3.93. The van der Waals surface area contributed by atoms with E-state index in [0.29, 0.717) is 0 Å². The molecule has 0 atom stereocenters. The molecule has 1 aliphatic carbocycles. The van der Waals surface area contributed by atoms with Crippen LogP contribution >= 0.6 is 12.2 Å². The minimum Gasteiger partial charge on any atom is -0.298 e.